The quantitative estimate of drug-likeness (QED) is 0.779. The van der Waals surface area contributed by atoms with E-state index >= 15 is 0 Å². The molecule has 0 unspecified atom stereocenters. The minimum Gasteiger partial charge on any atom is -0.388 e. The van der Waals surface area contributed by atoms with E-state index in [2.05, 4.69) is 15.2 Å². The average Bonchev–Trinajstić information content (AvgIpc) is 3.00. The SMILES string of the molecule is O=C(c1cn(CC2(O)CCN(C3CCCCCC3)CC2)nn1)N1CCOCC1. The third kappa shape index (κ3) is 4.72. The lowest BCUT2D eigenvalue weighted by molar-refractivity contribution is -0.0465. The molecule has 2 saturated heterocycles. The maximum atomic E-state index is 12.5. The number of morpholine rings is 1. The van der Waals surface area contributed by atoms with Crippen LogP contribution in [0.3, 0.4) is 0 Å². The van der Waals surface area contributed by atoms with E-state index in [0.717, 1.165) is 25.9 Å². The van der Waals surface area contributed by atoms with Gasteiger partial charge in [-0.05, 0) is 25.7 Å². The number of nitrogens with zero attached hydrogens (tertiary/aromatic N) is 5. The number of aromatic nitrogens is 3. The molecule has 0 radical (unpaired) electrons. The first-order chi connectivity index (χ1) is 13.6. The maximum Gasteiger partial charge on any atom is 0.276 e. The van der Waals surface area contributed by atoms with Gasteiger partial charge in [-0.25, -0.2) is 4.68 Å². The van der Waals surface area contributed by atoms with Gasteiger partial charge in [0.1, 0.15) is 0 Å². The third-order valence-electron chi connectivity index (χ3n) is 6.58. The second-order valence-electron chi connectivity index (χ2n) is 8.61. The van der Waals surface area contributed by atoms with Gasteiger partial charge < -0.3 is 19.6 Å². The molecule has 4 rings (SSSR count). The molecule has 3 fully saturated rings. The lowest BCUT2D eigenvalue weighted by Crippen LogP contribution is -2.50. The van der Waals surface area contributed by atoms with E-state index < -0.39 is 5.60 Å². The summed E-state index contributed by atoms with van der Waals surface area (Å²) < 4.78 is 6.93. The van der Waals surface area contributed by atoms with Crippen molar-refractivity contribution >= 4 is 5.91 Å². The van der Waals surface area contributed by atoms with E-state index in [-0.39, 0.29) is 5.91 Å². The smallest absolute Gasteiger partial charge is 0.276 e. The summed E-state index contributed by atoms with van der Waals surface area (Å²) in [6.07, 6.45) is 11.2. The third-order valence-corrected chi connectivity index (χ3v) is 6.58. The van der Waals surface area contributed by atoms with E-state index in [1.807, 2.05) is 0 Å². The Balaban J connectivity index is 1.31. The average molecular weight is 392 g/mol. The number of carbonyl (C=O) groups is 1. The maximum absolute atomic E-state index is 12.5. The summed E-state index contributed by atoms with van der Waals surface area (Å²) in [7, 11) is 0. The van der Waals surface area contributed by atoms with Crippen LogP contribution in [-0.2, 0) is 11.3 Å². The topological polar surface area (TPSA) is 83.7 Å². The summed E-state index contributed by atoms with van der Waals surface area (Å²) in [4.78, 5) is 16.8. The highest BCUT2D eigenvalue weighted by Crippen LogP contribution is 2.29. The Morgan fingerprint density at radius 2 is 1.79 bits per heavy atom. The lowest BCUT2D eigenvalue weighted by Gasteiger charge is -2.41. The van der Waals surface area contributed by atoms with Crippen molar-refractivity contribution in [3.05, 3.63) is 11.9 Å². The van der Waals surface area contributed by atoms with Crippen molar-refractivity contribution in [3.8, 4) is 0 Å². The van der Waals surface area contributed by atoms with Crippen LogP contribution in [0.2, 0.25) is 0 Å². The number of amides is 1. The van der Waals surface area contributed by atoms with E-state index in [9.17, 15) is 9.90 Å². The fourth-order valence-electron chi connectivity index (χ4n) is 4.79. The molecule has 28 heavy (non-hydrogen) atoms. The van der Waals surface area contributed by atoms with Gasteiger partial charge in [0.05, 0.1) is 31.6 Å². The first-order valence-electron chi connectivity index (χ1n) is 10.9. The molecule has 2 aliphatic heterocycles. The largest absolute Gasteiger partial charge is 0.388 e. The molecule has 1 aromatic rings. The van der Waals surface area contributed by atoms with Gasteiger partial charge in [-0.15, -0.1) is 5.10 Å². The Hall–Kier alpha value is -1.51. The molecule has 0 spiro atoms. The van der Waals surface area contributed by atoms with Crippen LogP contribution in [0.5, 0.6) is 0 Å². The van der Waals surface area contributed by atoms with E-state index in [1.165, 1.54) is 38.5 Å². The minimum atomic E-state index is -0.770. The van der Waals surface area contributed by atoms with Gasteiger partial charge in [0, 0.05) is 32.2 Å². The summed E-state index contributed by atoms with van der Waals surface area (Å²) >= 11 is 0. The van der Waals surface area contributed by atoms with Crippen molar-refractivity contribution in [3.63, 3.8) is 0 Å². The minimum absolute atomic E-state index is 0.107. The molecule has 0 bridgehead atoms. The van der Waals surface area contributed by atoms with Crippen molar-refractivity contribution in [2.24, 2.45) is 0 Å². The first-order valence-corrected chi connectivity index (χ1v) is 10.9. The second kappa shape index (κ2) is 8.88. The number of hydrogen-bond donors (Lipinski definition) is 1. The van der Waals surface area contributed by atoms with Gasteiger partial charge in [-0.2, -0.15) is 0 Å². The van der Waals surface area contributed by atoms with Crippen molar-refractivity contribution in [2.75, 3.05) is 39.4 Å². The molecular weight excluding hydrogens is 358 g/mol. The number of rotatable bonds is 4. The van der Waals surface area contributed by atoms with Gasteiger partial charge in [0.25, 0.3) is 5.91 Å². The molecule has 3 aliphatic rings. The van der Waals surface area contributed by atoms with Crippen LogP contribution in [0.1, 0.15) is 61.9 Å². The number of ether oxygens (including phenoxy) is 1. The summed E-state index contributed by atoms with van der Waals surface area (Å²) in [5.41, 5.74) is -0.421. The zero-order valence-corrected chi connectivity index (χ0v) is 16.8. The Morgan fingerprint density at radius 1 is 1.11 bits per heavy atom. The predicted octanol–water partition coefficient (Wildman–Crippen LogP) is 1.30. The Morgan fingerprint density at radius 3 is 2.46 bits per heavy atom. The van der Waals surface area contributed by atoms with Crippen LogP contribution in [0, 0.1) is 0 Å². The Labute approximate surface area is 166 Å². The standard InChI is InChI=1S/C20H33N5O3/c26-19(24-11-13-28-14-12-24)18-15-25(22-21-18)16-20(27)7-9-23(10-8-20)17-5-3-1-2-4-6-17/h15,17,27H,1-14,16H2. The van der Waals surface area contributed by atoms with Crippen LogP contribution in [0.25, 0.3) is 0 Å². The molecule has 156 valence electrons. The Kier molecular flexibility index (Phi) is 6.28. The molecule has 8 nitrogen and oxygen atoms in total. The summed E-state index contributed by atoms with van der Waals surface area (Å²) in [6.45, 7) is 4.59. The highest BCUT2D eigenvalue weighted by molar-refractivity contribution is 5.91. The number of hydrogen-bond acceptors (Lipinski definition) is 6. The predicted molar refractivity (Wildman–Crippen MR) is 104 cm³/mol. The second-order valence-corrected chi connectivity index (χ2v) is 8.61. The van der Waals surface area contributed by atoms with Crippen molar-refractivity contribution in [1.82, 2.24) is 24.8 Å². The van der Waals surface area contributed by atoms with Crippen molar-refractivity contribution in [2.45, 2.75) is 69.6 Å². The van der Waals surface area contributed by atoms with Gasteiger partial charge in [-0.3, -0.25) is 4.79 Å². The van der Waals surface area contributed by atoms with Crippen LogP contribution >= 0.6 is 0 Å². The molecule has 3 heterocycles. The van der Waals surface area contributed by atoms with Crippen LogP contribution in [0.4, 0.5) is 0 Å². The molecule has 8 heteroatoms. The summed E-state index contributed by atoms with van der Waals surface area (Å²) in [6, 6.07) is 0.691. The molecular formula is C20H33N5O3. The van der Waals surface area contributed by atoms with E-state index in [4.69, 9.17) is 4.74 Å². The van der Waals surface area contributed by atoms with Gasteiger partial charge in [0.15, 0.2) is 5.69 Å². The van der Waals surface area contributed by atoms with Crippen molar-refractivity contribution < 1.29 is 14.6 Å². The molecule has 1 aliphatic carbocycles. The van der Waals surface area contributed by atoms with Crippen LogP contribution in [0.15, 0.2) is 6.20 Å². The number of likely N-dealkylation sites (tertiary alicyclic amines) is 1. The van der Waals surface area contributed by atoms with Gasteiger partial charge in [-0.1, -0.05) is 30.9 Å². The molecule has 1 amide bonds. The van der Waals surface area contributed by atoms with Gasteiger partial charge >= 0.3 is 0 Å². The number of piperidine rings is 1. The van der Waals surface area contributed by atoms with Crippen molar-refractivity contribution in [1.29, 1.82) is 0 Å². The highest BCUT2D eigenvalue weighted by Gasteiger charge is 2.35. The molecule has 1 saturated carbocycles. The monoisotopic (exact) mass is 391 g/mol. The first kappa shape index (κ1) is 19.8. The molecule has 0 atom stereocenters. The summed E-state index contributed by atoms with van der Waals surface area (Å²) in [5, 5.41) is 19.2. The molecule has 0 aromatic carbocycles. The fourth-order valence-corrected chi connectivity index (χ4v) is 4.79. The van der Waals surface area contributed by atoms with Gasteiger partial charge in [0.2, 0.25) is 0 Å². The normalized spacial score (nSPS) is 24.8. The number of aliphatic hydroxyl groups is 1. The summed E-state index contributed by atoms with van der Waals surface area (Å²) in [5.74, 6) is -0.107. The zero-order valence-electron chi connectivity index (χ0n) is 16.8. The van der Waals surface area contributed by atoms with E-state index in [0.29, 0.717) is 44.6 Å². The van der Waals surface area contributed by atoms with Crippen LogP contribution in [-0.4, -0.2) is 86.8 Å². The highest BCUT2D eigenvalue weighted by atomic mass is 16.5. The molecule has 1 N–H and O–H groups in total. The number of carbonyl (C=O) groups excluding carboxylic acids is 1. The fraction of sp³-hybridized carbons (Fsp3) is 0.850. The Bertz CT molecular complexity index is 642. The lowest BCUT2D eigenvalue weighted by atomic mass is 9.89. The van der Waals surface area contributed by atoms with Crippen LogP contribution < -0.4 is 0 Å². The zero-order chi connectivity index (χ0) is 19.4. The molecule has 1 aromatic heterocycles. The van der Waals surface area contributed by atoms with E-state index in [1.54, 1.807) is 15.8 Å².